The zero-order valence-corrected chi connectivity index (χ0v) is 16.1. The van der Waals surface area contributed by atoms with Gasteiger partial charge in [0.05, 0.1) is 17.8 Å². The lowest BCUT2D eigenvalue weighted by molar-refractivity contribution is 0.340. The van der Waals surface area contributed by atoms with Crippen molar-refractivity contribution < 1.29 is 9.13 Å². The van der Waals surface area contributed by atoms with E-state index in [1.54, 1.807) is 12.1 Å². The first-order chi connectivity index (χ1) is 13.7. The van der Waals surface area contributed by atoms with Crippen LogP contribution in [0.3, 0.4) is 0 Å². The topological polar surface area (TPSA) is 22.1 Å². The van der Waals surface area contributed by atoms with Crippen LogP contribution in [0.1, 0.15) is 19.4 Å². The number of aryl methyl sites for hydroxylation is 1. The van der Waals surface area contributed by atoms with Crippen molar-refractivity contribution in [3.8, 4) is 28.1 Å². The van der Waals surface area contributed by atoms with Gasteiger partial charge >= 0.3 is 0 Å². The average molecular weight is 371 g/mol. The number of hydrogen-bond donors (Lipinski definition) is 0. The Morgan fingerprint density at radius 2 is 1.43 bits per heavy atom. The first-order valence-corrected chi connectivity index (χ1v) is 9.60. The lowest BCUT2D eigenvalue weighted by atomic mass is 10.00. The molecule has 4 aromatic rings. The molecule has 3 heteroatoms. The molecule has 1 heterocycles. The summed E-state index contributed by atoms with van der Waals surface area (Å²) in [6.07, 6.45) is 0.833. The molecule has 28 heavy (non-hydrogen) atoms. The molecule has 0 aliphatic heterocycles. The lowest BCUT2D eigenvalue weighted by Crippen LogP contribution is -1.92. The predicted octanol–water partition coefficient (Wildman–Crippen LogP) is 6.67. The van der Waals surface area contributed by atoms with E-state index in [2.05, 4.69) is 49.4 Å². The molecular formula is C25H22FNO. The number of rotatable bonds is 5. The summed E-state index contributed by atoms with van der Waals surface area (Å²) in [5, 5.41) is 0.886. The lowest BCUT2D eigenvalue weighted by Gasteiger charge is -2.10. The molecule has 0 radical (unpaired) electrons. The zero-order valence-electron chi connectivity index (χ0n) is 16.1. The summed E-state index contributed by atoms with van der Waals surface area (Å²) < 4.78 is 19.1. The molecule has 0 fully saturated rings. The van der Waals surface area contributed by atoms with E-state index in [0.717, 1.165) is 51.0 Å². The van der Waals surface area contributed by atoms with E-state index >= 15 is 0 Å². The standard InChI is InChI=1S/C25H22FNO/c1-3-17-15-25(27-24-14-11-21(26)16-23(17)24)20-7-5-18(6-8-20)19-9-12-22(13-10-19)28-4-2/h5-16H,3-4H2,1-2H3. The molecule has 1 aromatic heterocycles. The van der Waals surface area contributed by atoms with Crippen molar-refractivity contribution in [2.24, 2.45) is 0 Å². The summed E-state index contributed by atoms with van der Waals surface area (Å²) in [5.41, 5.74) is 6.18. The minimum atomic E-state index is -0.226. The molecule has 0 unspecified atom stereocenters. The third-order valence-corrected chi connectivity index (χ3v) is 4.92. The SMILES string of the molecule is CCOc1ccc(-c2ccc(-c3cc(CC)c4cc(F)ccc4n3)cc2)cc1. The van der Waals surface area contributed by atoms with Crippen LogP contribution in [0.2, 0.25) is 0 Å². The molecule has 140 valence electrons. The second-order valence-electron chi connectivity index (χ2n) is 6.72. The minimum absolute atomic E-state index is 0.226. The van der Waals surface area contributed by atoms with Gasteiger partial charge in [-0.3, -0.25) is 0 Å². The van der Waals surface area contributed by atoms with E-state index in [1.807, 2.05) is 19.1 Å². The second kappa shape index (κ2) is 7.81. The number of pyridine rings is 1. The summed E-state index contributed by atoms with van der Waals surface area (Å²) in [6.45, 7) is 4.73. The van der Waals surface area contributed by atoms with E-state index in [0.29, 0.717) is 6.61 Å². The molecule has 3 aromatic carbocycles. The molecule has 0 aliphatic carbocycles. The Morgan fingerprint density at radius 1 is 0.786 bits per heavy atom. The van der Waals surface area contributed by atoms with Crippen molar-refractivity contribution >= 4 is 10.9 Å². The van der Waals surface area contributed by atoms with Gasteiger partial charge in [-0.2, -0.15) is 0 Å². The van der Waals surface area contributed by atoms with Crippen LogP contribution in [-0.2, 0) is 6.42 Å². The maximum Gasteiger partial charge on any atom is 0.123 e. The van der Waals surface area contributed by atoms with Gasteiger partial charge in [0.15, 0.2) is 0 Å². The van der Waals surface area contributed by atoms with E-state index in [1.165, 1.54) is 6.07 Å². The first-order valence-electron chi connectivity index (χ1n) is 9.60. The molecule has 0 spiro atoms. The Balaban J connectivity index is 1.67. The van der Waals surface area contributed by atoms with Crippen LogP contribution in [0.4, 0.5) is 4.39 Å². The summed E-state index contributed by atoms with van der Waals surface area (Å²) in [5.74, 6) is 0.656. The molecular weight excluding hydrogens is 349 g/mol. The van der Waals surface area contributed by atoms with Gasteiger partial charge in [-0.25, -0.2) is 9.37 Å². The average Bonchev–Trinajstić information content (AvgIpc) is 2.74. The molecule has 0 saturated heterocycles. The second-order valence-corrected chi connectivity index (χ2v) is 6.72. The number of aromatic nitrogens is 1. The summed E-state index contributed by atoms with van der Waals surface area (Å²) in [6, 6.07) is 23.3. The van der Waals surface area contributed by atoms with Crippen LogP contribution in [0.5, 0.6) is 5.75 Å². The van der Waals surface area contributed by atoms with Crippen LogP contribution >= 0.6 is 0 Å². The van der Waals surface area contributed by atoms with Gasteiger partial charge in [-0.05, 0) is 66.4 Å². The van der Waals surface area contributed by atoms with Crippen molar-refractivity contribution in [3.63, 3.8) is 0 Å². The molecule has 0 saturated carbocycles. The molecule has 4 rings (SSSR count). The molecule has 0 bridgehead atoms. The van der Waals surface area contributed by atoms with E-state index in [4.69, 9.17) is 9.72 Å². The Hall–Kier alpha value is -3.20. The smallest absolute Gasteiger partial charge is 0.123 e. The van der Waals surface area contributed by atoms with Crippen LogP contribution in [-0.4, -0.2) is 11.6 Å². The molecule has 0 atom stereocenters. The summed E-state index contributed by atoms with van der Waals surface area (Å²) >= 11 is 0. The van der Waals surface area contributed by atoms with E-state index in [9.17, 15) is 4.39 Å². The van der Waals surface area contributed by atoms with E-state index in [-0.39, 0.29) is 5.82 Å². The van der Waals surface area contributed by atoms with Crippen LogP contribution < -0.4 is 4.74 Å². The molecule has 0 N–H and O–H groups in total. The van der Waals surface area contributed by atoms with Crippen molar-refractivity contribution in [1.29, 1.82) is 0 Å². The largest absolute Gasteiger partial charge is 0.494 e. The van der Waals surface area contributed by atoms with Gasteiger partial charge < -0.3 is 4.74 Å². The van der Waals surface area contributed by atoms with Crippen LogP contribution in [0.25, 0.3) is 33.3 Å². The Labute approximate surface area is 164 Å². The number of ether oxygens (including phenoxy) is 1. The normalized spacial score (nSPS) is 11.0. The monoisotopic (exact) mass is 371 g/mol. The maximum absolute atomic E-state index is 13.6. The van der Waals surface area contributed by atoms with Gasteiger partial charge in [-0.15, -0.1) is 0 Å². The number of fused-ring (bicyclic) bond motifs is 1. The van der Waals surface area contributed by atoms with Gasteiger partial charge in [0.25, 0.3) is 0 Å². The number of hydrogen-bond acceptors (Lipinski definition) is 2. The van der Waals surface area contributed by atoms with Crippen molar-refractivity contribution in [1.82, 2.24) is 4.98 Å². The summed E-state index contributed by atoms with van der Waals surface area (Å²) in [7, 11) is 0. The quantitative estimate of drug-likeness (QED) is 0.391. The predicted molar refractivity (Wildman–Crippen MR) is 113 cm³/mol. The Kier molecular flexibility index (Phi) is 5.07. The highest BCUT2D eigenvalue weighted by molar-refractivity contribution is 5.85. The minimum Gasteiger partial charge on any atom is -0.494 e. The number of benzene rings is 3. The summed E-state index contributed by atoms with van der Waals surface area (Å²) in [4.78, 5) is 4.75. The number of halogens is 1. The highest BCUT2D eigenvalue weighted by Crippen LogP contribution is 2.28. The van der Waals surface area contributed by atoms with Gasteiger partial charge in [0.1, 0.15) is 11.6 Å². The fourth-order valence-electron chi connectivity index (χ4n) is 3.45. The van der Waals surface area contributed by atoms with Gasteiger partial charge in [0, 0.05) is 10.9 Å². The fraction of sp³-hybridized carbons (Fsp3) is 0.160. The maximum atomic E-state index is 13.6. The fourth-order valence-corrected chi connectivity index (χ4v) is 3.45. The molecule has 0 aliphatic rings. The number of nitrogens with zero attached hydrogens (tertiary/aromatic N) is 1. The van der Waals surface area contributed by atoms with Crippen LogP contribution in [0, 0.1) is 5.82 Å². The van der Waals surface area contributed by atoms with Crippen LogP contribution in [0.15, 0.2) is 72.8 Å². The van der Waals surface area contributed by atoms with E-state index < -0.39 is 0 Å². The Bertz CT molecular complexity index is 1100. The third kappa shape index (κ3) is 3.61. The third-order valence-electron chi connectivity index (χ3n) is 4.92. The van der Waals surface area contributed by atoms with Crippen molar-refractivity contribution in [3.05, 3.63) is 84.2 Å². The molecule has 2 nitrogen and oxygen atoms in total. The first kappa shape index (κ1) is 18.2. The molecule has 0 amide bonds. The highest BCUT2D eigenvalue weighted by Gasteiger charge is 2.08. The zero-order chi connectivity index (χ0) is 19.5. The highest BCUT2D eigenvalue weighted by atomic mass is 19.1. The van der Waals surface area contributed by atoms with Gasteiger partial charge in [-0.1, -0.05) is 43.3 Å². The van der Waals surface area contributed by atoms with Crippen molar-refractivity contribution in [2.75, 3.05) is 6.61 Å². The van der Waals surface area contributed by atoms with Gasteiger partial charge in [0.2, 0.25) is 0 Å². The van der Waals surface area contributed by atoms with Crippen molar-refractivity contribution in [2.45, 2.75) is 20.3 Å². The Morgan fingerprint density at radius 3 is 2.07 bits per heavy atom.